The number of cyclic esters (lactones) is 1. The molecule has 1 N–H and O–H groups in total. The fraction of sp³-hybridized carbons (Fsp3) is 0.462. The minimum Gasteiger partial charge on any atom is -0.482 e. The molecule has 22 heavy (non-hydrogen) atoms. The van der Waals surface area contributed by atoms with Gasteiger partial charge < -0.3 is 19.0 Å². The van der Waals surface area contributed by atoms with E-state index in [1.54, 1.807) is 25.4 Å². The Balaban J connectivity index is 2.11. The Kier molecular flexibility index (Phi) is 5.84. The van der Waals surface area contributed by atoms with Crippen molar-refractivity contribution < 1.29 is 23.2 Å². The van der Waals surface area contributed by atoms with Gasteiger partial charge in [-0.15, -0.1) is 0 Å². The summed E-state index contributed by atoms with van der Waals surface area (Å²) in [7, 11) is 1.68. The van der Waals surface area contributed by atoms with Crippen molar-refractivity contribution >= 4 is 36.1 Å². The van der Waals surface area contributed by atoms with Gasteiger partial charge in [-0.05, 0) is 24.2 Å². The monoisotopic (exact) mass is 327 g/mol. The number of hydrogen-bond acceptors (Lipinski definition) is 8. The summed E-state index contributed by atoms with van der Waals surface area (Å²) in [5.41, 5.74) is 0. The van der Waals surface area contributed by atoms with Crippen molar-refractivity contribution in [2.45, 2.75) is 6.10 Å². The van der Waals surface area contributed by atoms with E-state index < -0.39 is 6.09 Å². The highest BCUT2D eigenvalue weighted by molar-refractivity contribution is 7.93. The summed E-state index contributed by atoms with van der Waals surface area (Å²) in [4.78, 5) is 28.0. The van der Waals surface area contributed by atoms with E-state index in [9.17, 15) is 9.59 Å². The highest BCUT2D eigenvalue weighted by atomic mass is 32.2. The molecular formula is C13H17N3O5S. The topological polar surface area (TPSA) is 90.0 Å². The third-order valence-electron chi connectivity index (χ3n) is 2.91. The normalized spacial score (nSPS) is 17.3. The van der Waals surface area contributed by atoms with Crippen molar-refractivity contribution in [3.8, 4) is 5.75 Å². The number of nitrogens with zero attached hydrogens (tertiary/aromatic N) is 2. The molecule has 120 valence electrons. The van der Waals surface area contributed by atoms with Crippen molar-refractivity contribution in [2.24, 2.45) is 0 Å². The van der Waals surface area contributed by atoms with Crippen LogP contribution in [-0.2, 0) is 13.7 Å². The lowest BCUT2D eigenvalue weighted by Crippen LogP contribution is -2.26. The summed E-state index contributed by atoms with van der Waals surface area (Å²) in [6, 6.07) is 3.29. The van der Waals surface area contributed by atoms with E-state index in [4.69, 9.17) is 13.7 Å². The third-order valence-corrected chi connectivity index (χ3v) is 3.28. The average molecular weight is 327 g/mol. The molecule has 2 rings (SSSR count). The first kappa shape index (κ1) is 16.4. The number of aldehydes is 1. The number of pyridine rings is 1. The Hall–Kier alpha value is -2.00. The number of aromatic nitrogens is 1. The molecular weight excluding hydrogens is 310 g/mol. The molecule has 1 aromatic rings. The zero-order chi connectivity index (χ0) is 15.9. The van der Waals surface area contributed by atoms with E-state index >= 15 is 0 Å². The van der Waals surface area contributed by atoms with Gasteiger partial charge in [-0.3, -0.25) is 9.69 Å². The first-order chi connectivity index (χ1) is 10.7. The Bertz CT molecular complexity index is 542. The van der Waals surface area contributed by atoms with E-state index in [-0.39, 0.29) is 12.7 Å². The van der Waals surface area contributed by atoms with E-state index in [0.717, 1.165) is 0 Å². The fourth-order valence-corrected chi connectivity index (χ4v) is 2.23. The molecule has 0 radical (unpaired) electrons. The molecule has 2 heterocycles. The van der Waals surface area contributed by atoms with Crippen LogP contribution in [0.2, 0.25) is 0 Å². The lowest BCUT2D eigenvalue weighted by molar-refractivity contribution is -0.109. The van der Waals surface area contributed by atoms with Crippen molar-refractivity contribution in [3.05, 3.63) is 12.1 Å². The average Bonchev–Trinajstić information content (AvgIpc) is 2.91. The Morgan fingerprint density at radius 1 is 1.59 bits per heavy atom. The zero-order valence-corrected chi connectivity index (χ0v) is 13.1. The van der Waals surface area contributed by atoms with Gasteiger partial charge in [-0.1, -0.05) is 0 Å². The minimum absolute atomic E-state index is 0.0600. The Morgan fingerprint density at radius 2 is 2.41 bits per heavy atom. The van der Waals surface area contributed by atoms with Gasteiger partial charge in [-0.2, -0.15) is 0 Å². The van der Waals surface area contributed by atoms with Crippen LogP contribution in [-0.4, -0.2) is 56.5 Å². The number of ether oxygens (including phenoxy) is 2. The van der Waals surface area contributed by atoms with Crippen LogP contribution < -0.4 is 15.0 Å². The van der Waals surface area contributed by atoms with Gasteiger partial charge in [-0.25, -0.2) is 9.78 Å². The summed E-state index contributed by atoms with van der Waals surface area (Å²) in [5.74, 6) is 1.32. The molecule has 1 aliphatic heterocycles. The largest absolute Gasteiger partial charge is 0.482 e. The van der Waals surface area contributed by atoms with Crippen LogP contribution in [0, 0.1) is 0 Å². The molecule has 8 nitrogen and oxygen atoms in total. The van der Waals surface area contributed by atoms with Crippen molar-refractivity contribution in [2.75, 3.05) is 43.3 Å². The van der Waals surface area contributed by atoms with Gasteiger partial charge >= 0.3 is 6.09 Å². The lowest BCUT2D eigenvalue weighted by Gasteiger charge is -2.15. The van der Waals surface area contributed by atoms with Gasteiger partial charge in [0, 0.05) is 13.3 Å². The number of anilines is 2. The predicted octanol–water partition coefficient (Wildman–Crippen LogP) is 1.32. The van der Waals surface area contributed by atoms with Crippen LogP contribution in [0.1, 0.15) is 0 Å². The quantitative estimate of drug-likeness (QED) is 0.565. The maximum atomic E-state index is 11.9. The minimum atomic E-state index is -0.467. The highest BCUT2D eigenvalue weighted by Crippen LogP contribution is 2.28. The van der Waals surface area contributed by atoms with Crippen LogP contribution in [0.3, 0.4) is 0 Å². The van der Waals surface area contributed by atoms with Crippen LogP contribution in [0.25, 0.3) is 0 Å². The van der Waals surface area contributed by atoms with E-state index in [1.165, 1.54) is 16.9 Å². The molecule has 9 heteroatoms. The van der Waals surface area contributed by atoms with Crippen LogP contribution in [0.5, 0.6) is 5.75 Å². The van der Waals surface area contributed by atoms with Crippen molar-refractivity contribution in [1.29, 1.82) is 0 Å². The van der Waals surface area contributed by atoms with Crippen molar-refractivity contribution in [3.63, 3.8) is 0 Å². The first-order valence-electron chi connectivity index (χ1n) is 6.58. The summed E-state index contributed by atoms with van der Waals surface area (Å²) in [6.45, 7) is 0.627. The molecule has 1 aliphatic rings. The molecule has 1 saturated heterocycles. The van der Waals surface area contributed by atoms with E-state index in [0.29, 0.717) is 36.8 Å². The van der Waals surface area contributed by atoms with Crippen LogP contribution in [0.4, 0.5) is 16.4 Å². The molecule has 1 atom stereocenters. The van der Waals surface area contributed by atoms with E-state index in [1.807, 2.05) is 0 Å². The number of hydrogen-bond donors (Lipinski definition) is 1. The predicted molar refractivity (Wildman–Crippen MR) is 82.4 cm³/mol. The third kappa shape index (κ3) is 3.80. The molecule has 1 fully saturated rings. The second-order valence-corrected chi connectivity index (χ2v) is 4.88. The molecule has 0 aromatic carbocycles. The molecule has 1 aromatic heterocycles. The SMILES string of the molecule is CNc1nc(N2CC(COSC)OC2=O)ccc1OCC=O. The first-order valence-corrected chi connectivity index (χ1v) is 7.73. The molecule has 0 saturated carbocycles. The smallest absolute Gasteiger partial charge is 0.416 e. The number of carbonyl (C=O) groups is 2. The summed E-state index contributed by atoms with van der Waals surface area (Å²) >= 11 is 1.22. The number of nitrogens with one attached hydrogen (secondary N) is 1. The standard InChI is InChI=1S/C13H17N3O5S/c1-14-12-10(19-6-5-17)3-4-11(15-12)16-7-9(8-20-22-2)21-13(16)18/h3-5,9H,6-8H2,1-2H3,(H,14,15). The summed E-state index contributed by atoms with van der Waals surface area (Å²) < 4.78 is 15.6. The van der Waals surface area contributed by atoms with Crippen LogP contribution >= 0.6 is 12.0 Å². The molecule has 0 bridgehead atoms. The number of amides is 1. The molecule has 1 unspecified atom stereocenters. The highest BCUT2D eigenvalue weighted by Gasteiger charge is 2.33. The maximum absolute atomic E-state index is 11.9. The van der Waals surface area contributed by atoms with Gasteiger partial charge in [0.05, 0.1) is 6.54 Å². The molecule has 0 aliphatic carbocycles. The van der Waals surface area contributed by atoms with Crippen molar-refractivity contribution in [1.82, 2.24) is 4.98 Å². The molecule has 1 amide bonds. The van der Waals surface area contributed by atoms with Crippen LogP contribution in [0.15, 0.2) is 12.1 Å². The second-order valence-electron chi connectivity index (χ2n) is 4.31. The maximum Gasteiger partial charge on any atom is 0.416 e. The Morgan fingerprint density at radius 3 is 3.09 bits per heavy atom. The van der Waals surface area contributed by atoms with Gasteiger partial charge in [0.2, 0.25) is 0 Å². The summed E-state index contributed by atoms with van der Waals surface area (Å²) in [5, 5.41) is 2.87. The number of rotatable bonds is 8. The Labute approximate surface area is 132 Å². The van der Waals surface area contributed by atoms with Gasteiger partial charge in [0.15, 0.2) is 17.9 Å². The van der Waals surface area contributed by atoms with Gasteiger partial charge in [0.1, 0.15) is 25.1 Å². The lowest BCUT2D eigenvalue weighted by atomic mass is 10.3. The van der Waals surface area contributed by atoms with E-state index in [2.05, 4.69) is 10.3 Å². The fourth-order valence-electron chi connectivity index (χ4n) is 1.95. The summed E-state index contributed by atoms with van der Waals surface area (Å²) in [6.07, 6.45) is 1.66. The number of carbonyl (C=O) groups excluding carboxylic acids is 2. The zero-order valence-electron chi connectivity index (χ0n) is 12.3. The second kappa shape index (κ2) is 7.85. The molecule has 0 spiro atoms. The van der Waals surface area contributed by atoms with Gasteiger partial charge in [0.25, 0.3) is 0 Å².